The molecule has 0 atom stereocenters. The largest absolute Gasteiger partial charge is 0.455 e. The van der Waals surface area contributed by atoms with Crippen LogP contribution in [0.25, 0.3) is 0 Å². The molecule has 4 heteroatoms. The fourth-order valence-electron chi connectivity index (χ4n) is 2.17. The van der Waals surface area contributed by atoms with E-state index in [0.717, 1.165) is 17.9 Å². The molecule has 1 aliphatic carbocycles. The monoisotopic (exact) mass is 321 g/mol. The van der Waals surface area contributed by atoms with Crippen LogP contribution in [0.1, 0.15) is 24.0 Å². The Labute approximate surface area is 135 Å². The van der Waals surface area contributed by atoms with Gasteiger partial charge in [-0.3, -0.25) is 0 Å². The molecule has 1 N–H and O–H groups in total. The third kappa shape index (κ3) is 3.70. The molecular formula is C17H17Cl2NO. The van der Waals surface area contributed by atoms with Gasteiger partial charge in [0.25, 0.3) is 0 Å². The van der Waals surface area contributed by atoms with Crippen molar-refractivity contribution in [1.29, 1.82) is 0 Å². The van der Waals surface area contributed by atoms with Crippen molar-refractivity contribution in [3.63, 3.8) is 0 Å². The molecule has 110 valence electrons. The van der Waals surface area contributed by atoms with Crippen molar-refractivity contribution in [2.45, 2.75) is 32.4 Å². The van der Waals surface area contributed by atoms with Gasteiger partial charge >= 0.3 is 0 Å². The fourth-order valence-corrected chi connectivity index (χ4v) is 2.50. The second-order valence-electron chi connectivity index (χ2n) is 5.42. The van der Waals surface area contributed by atoms with Gasteiger partial charge in [-0.15, -0.1) is 0 Å². The molecular weight excluding hydrogens is 305 g/mol. The second kappa shape index (κ2) is 6.27. The van der Waals surface area contributed by atoms with Crippen LogP contribution in [0, 0.1) is 6.92 Å². The van der Waals surface area contributed by atoms with E-state index in [2.05, 4.69) is 18.3 Å². The van der Waals surface area contributed by atoms with Gasteiger partial charge in [0, 0.05) is 18.2 Å². The lowest BCUT2D eigenvalue weighted by Gasteiger charge is -2.14. The molecule has 0 amide bonds. The summed E-state index contributed by atoms with van der Waals surface area (Å²) >= 11 is 12.2. The molecule has 0 saturated heterocycles. The molecule has 2 nitrogen and oxygen atoms in total. The molecule has 1 fully saturated rings. The molecule has 0 aromatic heterocycles. The van der Waals surface area contributed by atoms with Crippen molar-refractivity contribution in [1.82, 2.24) is 5.32 Å². The molecule has 1 saturated carbocycles. The number of rotatable bonds is 5. The zero-order valence-corrected chi connectivity index (χ0v) is 13.3. The lowest BCUT2D eigenvalue weighted by molar-refractivity contribution is 0.472. The molecule has 2 aromatic rings. The van der Waals surface area contributed by atoms with E-state index in [1.807, 2.05) is 24.3 Å². The summed E-state index contributed by atoms with van der Waals surface area (Å²) in [5.74, 6) is 1.40. The van der Waals surface area contributed by atoms with E-state index in [1.165, 1.54) is 18.4 Å². The van der Waals surface area contributed by atoms with Crippen LogP contribution in [-0.4, -0.2) is 6.04 Å². The Bertz CT molecular complexity index is 653. The summed E-state index contributed by atoms with van der Waals surface area (Å²) in [5.41, 5.74) is 2.35. The Morgan fingerprint density at radius 1 is 1.14 bits per heavy atom. The van der Waals surface area contributed by atoms with Crippen LogP contribution >= 0.6 is 23.2 Å². The second-order valence-corrected chi connectivity index (χ2v) is 6.21. The highest BCUT2D eigenvalue weighted by Crippen LogP contribution is 2.36. The van der Waals surface area contributed by atoms with Crippen LogP contribution in [0.15, 0.2) is 36.4 Å². The lowest BCUT2D eigenvalue weighted by Crippen LogP contribution is -2.15. The summed E-state index contributed by atoms with van der Waals surface area (Å²) in [5, 5.41) is 4.46. The van der Waals surface area contributed by atoms with E-state index in [9.17, 15) is 0 Å². The van der Waals surface area contributed by atoms with E-state index < -0.39 is 0 Å². The van der Waals surface area contributed by atoms with Crippen molar-refractivity contribution in [3.05, 3.63) is 57.6 Å². The molecule has 0 unspecified atom stereocenters. The van der Waals surface area contributed by atoms with Crippen LogP contribution in [0.5, 0.6) is 11.5 Å². The SMILES string of the molecule is Cc1ccc(Oc2cccc(Cl)c2Cl)c(CNC2CC2)c1. The van der Waals surface area contributed by atoms with Crippen molar-refractivity contribution >= 4 is 23.2 Å². The summed E-state index contributed by atoms with van der Waals surface area (Å²) in [6, 6.07) is 12.2. The average molecular weight is 322 g/mol. The van der Waals surface area contributed by atoms with Gasteiger partial charge in [-0.05, 0) is 38.0 Å². The first kappa shape index (κ1) is 14.7. The third-order valence-electron chi connectivity index (χ3n) is 3.51. The van der Waals surface area contributed by atoms with Gasteiger partial charge in [0.15, 0.2) is 0 Å². The molecule has 1 aliphatic rings. The van der Waals surface area contributed by atoms with Crippen molar-refractivity contribution in [2.75, 3.05) is 0 Å². The average Bonchev–Trinajstić information content (AvgIpc) is 3.28. The maximum atomic E-state index is 6.19. The number of aryl methyl sites for hydroxylation is 1. The van der Waals surface area contributed by atoms with Crippen LogP contribution in [0.2, 0.25) is 10.0 Å². The molecule has 3 rings (SSSR count). The van der Waals surface area contributed by atoms with Gasteiger partial charge in [-0.1, -0.05) is 47.0 Å². The maximum Gasteiger partial charge on any atom is 0.147 e. The molecule has 0 bridgehead atoms. The Balaban J connectivity index is 1.84. The highest BCUT2D eigenvalue weighted by atomic mass is 35.5. The first-order valence-electron chi connectivity index (χ1n) is 7.08. The molecule has 0 heterocycles. The number of hydrogen-bond acceptors (Lipinski definition) is 2. The Kier molecular flexibility index (Phi) is 4.39. The molecule has 0 spiro atoms. The quantitative estimate of drug-likeness (QED) is 0.801. The number of ether oxygens (including phenoxy) is 1. The predicted octanol–water partition coefficient (Wildman–Crippen LogP) is 5.35. The lowest BCUT2D eigenvalue weighted by atomic mass is 10.1. The van der Waals surface area contributed by atoms with Gasteiger partial charge in [0.05, 0.1) is 5.02 Å². The minimum absolute atomic E-state index is 0.445. The highest BCUT2D eigenvalue weighted by molar-refractivity contribution is 6.42. The van der Waals surface area contributed by atoms with Crippen LogP contribution in [0.3, 0.4) is 0 Å². The van der Waals surface area contributed by atoms with Gasteiger partial charge in [0.2, 0.25) is 0 Å². The van der Waals surface area contributed by atoms with Crippen LogP contribution in [-0.2, 0) is 6.54 Å². The first-order valence-corrected chi connectivity index (χ1v) is 7.84. The number of benzene rings is 2. The van der Waals surface area contributed by atoms with Crippen LogP contribution in [0.4, 0.5) is 0 Å². The fraction of sp³-hybridized carbons (Fsp3) is 0.294. The van der Waals surface area contributed by atoms with Gasteiger partial charge in [-0.25, -0.2) is 0 Å². The maximum absolute atomic E-state index is 6.19. The normalized spacial score (nSPS) is 14.2. The smallest absolute Gasteiger partial charge is 0.147 e. The van der Waals surface area contributed by atoms with E-state index in [4.69, 9.17) is 27.9 Å². The summed E-state index contributed by atoms with van der Waals surface area (Å²) in [7, 11) is 0. The standard InChI is InChI=1S/C17H17Cl2NO/c1-11-5-8-15(12(9-11)10-20-13-6-7-13)21-16-4-2-3-14(18)17(16)19/h2-5,8-9,13,20H,6-7,10H2,1H3. The predicted molar refractivity (Wildman–Crippen MR) is 87.6 cm³/mol. The van der Waals surface area contributed by atoms with E-state index in [-0.39, 0.29) is 0 Å². The third-order valence-corrected chi connectivity index (χ3v) is 4.31. The topological polar surface area (TPSA) is 21.3 Å². The first-order chi connectivity index (χ1) is 10.1. The number of hydrogen-bond donors (Lipinski definition) is 1. The Hall–Kier alpha value is -1.22. The number of halogens is 2. The zero-order chi connectivity index (χ0) is 14.8. The van der Waals surface area contributed by atoms with E-state index in [0.29, 0.717) is 21.8 Å². The summed E-state index contributed by atoms with van der Waals surface area (Å²) in [6.07, 6.45) is 2.53. The summed E-state index contributed by atoms with van der Waals surface area (Å²) in [4.78, 5) is 0. The van der Waals surface area contributed by atoms with Gasteiger partial charge in [0.1, 0.15) is 16.5 Å². The Morgan fingerprint density at radius 3 is 2.71 bits per heavy atom. The minimum atomic E-state index is 0.445. The summed E-state index contributed by atoms with van der Waals surface area (Å²) in [6.45, 7) is 2.89. The van der Waals surface area contributed by atoms with Gasteiger partial charge < -0.3 is 10.1 Å². The molecule has 2 aromatic carbocycles. The molecule has 0 radical (unpaired) electrons. The summed E-state index contributed by atoms with van der Waals surface area (Å²) < 4.78 is 5.97. The van der Waals surface area contributed by atoms with Crippen LogP contribution < -0.4 is 10.1 Å². The van der Waals surface area contributed by atoms with E-state index >= 15 is 0 Å². The number of nitrogens with one attached hydrogen (secondary N) is 1. The van der Waals surface area contributed by atoms with E-state index in [1.54, 1.807) is 6.07 Å². The zero-order valence-electron chi connectivity index (χ0n) is 11.8. The molecule has 0 aliphatic heterocycles. The van der Waals surface area contributed by atoms with Crippen molar-refractivity contribution in [2.24, 2.45) is 0 Å². The minimum Gasteiger partial charge on any atom is -0.455 e. The highest BCUT2D eigenvalue weighted by Gasteiger charge is 2.21. The Morgan fingerprint density at radius 2 is 1.95 bits per heavy atom. The van der Waals surface area contributed by atoms with Gasteiger partial charge in [-0.2, -0.15) is 0 Å². The molecule has 21 heavy (non-hydrogen) atoms. The van der Waals surface area contributed by atoms with Crippen molar-refractivity contribution in [3.8, 4) is 11.5 Å². The van der Waals surface area contributed by atoms with Crippen molar-refractivity contribution < 1.29 is 4.74 Å².